The zero-order valence-corrected chi connectivity index (χ0v) is 17.9. The van der Waals surface area contributed by atoms with Crippen LogP contribution in [-0.4, -0.2) is 36.5 Å². The second-order valence-electron chi connectivity index (χ2n) is 7.85. The van der Waals surface area contributed by atoms with Gasteiger partial charge in [0.15, 0.2) is 5.78 Å². The number of hydrogen-bond donors (Lipinski definition) is 3. The lowest BCUT2D eigenvalue weighted by Gasteiger charge is -2.24. The maximum atomic E-state index is 13.1. The average Bonchev–Trinajstić information content (AvgIpc) is 2.77. The van der Waals surface area contributed by atoms with Crippen LogP contribution in [0.5, 0.6) is 0 Å². The number of alkyl halides is 1. The van der Waals surface area contributed by atoms with E-state index in [1.165, 1.54) is 0 Å². The van der Waals surface area contributed by atoms with Gasteiger partial charge in [0, 0.05) is 6.54 Å². The molecule has 0 aliphatic carbocycles. The van der Waals surface area contributed by atoms with E-state index < -0.39 is 36.5 Å². The lowest BCUT2D eigenvalue weighted by molar-refractivity contribution is -0.129. The molecule has 2 atom stereocenters. The first-order valence-electron chi connectivity index (χ1n) is 10.4. The lowest BCUT2D eigenvalue weighted by atomic mass is 10.00. The average molecular weight is 428 g/mol. The Morgan fingerprint density at radius 2 is 1.42 bits per heavy atom. The third kappa shape index (κ3) is 8.58. The summed E-state index contributed by atoms with van der Waals surface area (Å²) in [4.78, 5) is 37.3. The Bertz CT molecular complexity index is 844. The van der Waals surface area contributed by atoms with Gasteiger partial charge in [-0.05, 0) is 29.9 Å². The van der Waals surface area contributed by atoms with Crippen molar-refractivity contribution in [3.05, 3.63) is 71.8 Å². The summed E-state index contributed by atoms with van der Waals surface area (Å²) in [5, 5.41) is 8.03. The summed E-state index contributed by atoms with van der Waals surface area (Å²) in [6, 6.07) is 16.2. The van der Waals surface area contributed by atoms with Crippen LogP contribution in [0.25, 0.3) is 0 Å². The number of halogens is 1. The van der Waals surface area contributed by atoms with Crippen LogP contribution in [-0.2, 0) is 22.6 Å². The molecule has 3 N–H and O–H groups in total. The lowest BCUT2D eigenvalue weighted by Crippen LogP contribution is -2.54. The van der Waals surface area contributed by atoms with Crippen molar-refractivity contribution >= 4 is 17.7 Å². The summed E-state index contributed by atoms with van der Waals surface area (Å²) < 4.78 is 13.1. The van der Waals surface area contributed by atoms with E-state index in [1.807, 2.05) is 74.5 Å². The van der Waals surface area contributed by atoms with Gasteiger partial charge in [0.2, 0.25) is 5.91 Å². The Kier molecular flexibility index (Phi) is 9.68. The number of benzene rings is 2. The number of urea groups is 1. The molecule has 7 heteroatoms. The molecule has 0 fully saturated rings. The van der Waals surface area contributed by atoms with E-state index >= 15 is 0 Å². The number of rotatable bonds is 11. The maximum Gasteiger partial charge on any atom is 0.315 e. The predicted molar refractivity (Wildman–Crippen MR) is 118 cm³/mol. The van der Waals surface area contributed by atoms with Gasteiger partial charge < -0.3 is 16.0 Å². The van der Waals surface area contributed by atoms with Gasteiger partial charge in [-0.2, -0.15) is 0 Å². The number of carbonyl (C=O) groups excluding carboxylic acids is 3. The second-order valence-corrected chi connectivity index (χ2v) is 7.85. The van der Waals surface area contributed by atoms with Crippen LogP contribution in [0.2, 0.25) is 0 Å². The predicted octanol–water partition coefficient (Wildman–Crippen LogP) is 3.17. The highest BCUT2D eigenvalue weighted by Crippen LogP contribution is 2.09. The fraction of sp³-hybridized carbons (Fsp3) is 0.375. The molecule has 0 saturated carbocycles. The van der Waals surface area contributed by atoms with E-state index in [-0.39, 0.29) is 12.3 Å². The van der Waals surface area contributed by atoms with Crippen LogP contribution in [0.4, 0.5) is 9.18 Å². The normalized spacial score (nSPS) is 12.6. The fourth-order valence-corrected chi connectivity index (χ4v) is 3.15. The maximum absolute atomic E-state index is 13.1. The Labute approximate surface area is 182 Å². The number of amides is 3. The SMILES string of the molecule is CC(C)C[C@H](NC(=O)NCc1ccccc1)C(=O)N[C@H](Cc1ccccc1)C(=O)CF. The number of hydrogen-bond acceptors (Lipinski definition) is 3. The third-order valence-corrected chi connectivity index (χ3v) is 4.74. The molecule has 3 amide bonds. The van der Waals surface area contributed by atoms with E-state index in [9.17, 15) is 18.8 Å². The molecule has 0 aliphatic heterocycles. The van der Waals surface area contributed by atoms with Crippen molar-refractivity contribution in [2.45, 2.75) is 45.3 Å². The summed E-state index contributed by atoms with van der Waals surface area (Å²) in [5.41, 5.74) is 1.74. The van der Waals surface area contributed by atoms with Gasteiger partial charge >= 0.3 is 6.03 Å². The molecule has 0 spiro atoms. The van der Waals surface area contributed by atoms with Crippen molar-refractivity contribution in [3.63, 3.8) is 0 Å². The van der Waals surface area contributed by atoms with Crippen molar-refractivity contribution in [1.82, 2.24) is 16.0 Å². The van der Waals surface area contributed by atoms with Gasteiger partial charge in [-0.1, -0.05) is 74.5 Å². The molecule has 2 rings (SSSR count). The molecule has 31 heavy (non-hydrogen) atoms. The zero-order valence-electron chi connectivity index (χ0n) is 17.9. The summed E-state index contributed by atoms with van der Waals surface area (Å²) >= 11 is 0. The van der Waals surface area contributed by atoms with Crippen molar-refractivity contribution < 1.29 is 18.8 Å². The van der Waals surface area contributed by atoms with E-state index in [2.05, 4.69) is 16.0 Å². The van der Waals surface area contributed by atoms with Crippen LogP contribution in [0, 0.1) is 5.92 Å². The van der Waals surface area contributed by atoms with Crippen LogP contribution >= 0.6 is 0 Å². The Morgan fingerprint density at radius 3 is 1.97 bits per heavy atom. The van der Waals surface area contributed by atoms with Gasteiger partial charge in [-0.15, -0.1) is 0 Å². The fourth-order valence-electron chi connectivity index (χ4n) is 3.15. The molecule has 0 heterocycles. The molecular weight excluding hydrogens is 397 g/mol. The molecule has 2 aromatic rings. The van der Waals surface area contributed by atoms with Gasteiger partial charge in [-0.25, -0.2) is 9.18 Å². The molecule has 0 aromatic heterocycles. The van der Waals surface area contributed by atoms with E-state index in [1.54, 1.807) is 0 Å². The first kappa shape index (κ1) is 24.1. The van der Waals surface area contributed by atoms with Crippen molar-refractivity contribution in [2.24, 2.45) is 5.92 Å². The van der Waals surface area contributed by atoms with Crippen molar-refractivity contribution in [1.29, 1.82) is 0 Å². The van der Waals surface area contributed by atoms with E-state index in [0.29, 0.717) is 13.0 Å². The number of carbonyl (C=O) groups is 3. The molecule has 0 aliphatic rings. The van der Waals surface area contributed by atoms with Crippen molar-refractivity contribution in [2.75, 3.05) is 6.67 Å². The van der Waals surface area contributed by atoms with Crippen LogP contribution in [0.1, 0.15) is 31.4 Å². The molecule has 0 bridgehead atoms. The summed E-state index contributed by atoms with van der Waals surface area (Å²) in [5.74, 6) is -1.09. The van der Waals surface area contributed by atoms with E-state index in [4.69, 9.17) is 0 Å². The van der Waals surface area contributed by atoms with Gasteiger partial charge in [0.1, 0.15) is 12.7 Å². The molecule has 2 aromatic carbocycles. The quantitative estimate of drug-likeness (QED) is 0.515. The highest BCUT2D eigenvalue weighted by molar-refractivity contribution is 5.93. The Hall–Kier alpha value is -3.22. The minimum Gasteiger partial charge on any atom is -0.344 e. The highest BCUT2D eigenvalue weighted by atomic mass is 19.1. The van der Waals surface area contributed by atoms with Crippen LogP contribution in [0.3, 0.4) is 0 Å². The molecule has 0 radical (unpaired) electrons. The summed E-state index contributed by atoms with van der Waals surface area (Å²) in [6.07, 6.45) is 0.566. The minimum absolute atomic E-state index is 0.120. The summed E-state index contributed by atoms with van der Waals surface area (Å²) in [6.45, 7) is 3.01. The Balaban J connectivity index is 2.01. The Morgan fingerprint density at radius 1 is 0.839 bits per heavy atom. The first-order chi connectivity index (χ1) is 14.9. The van der Waals surface area contributed by atoms with Gasteiger partial charge in [0.05, 0.1) is 6.04 Å². The zero-order chi connectivity index (χ0) is 22.6. The number of ketones is 1. The van der Waals surface area contributed by atoms with E-state index in [0.717, 1.165) is 11.1 Å². The van der Waals surface area contributed by atoms with Gasteiger partial charge in [0.25, 0.3) is 0 Å². The highest BCUT2D eigenvalue weighted by Gasteiger charge is 2.27. The van der Waals surface area contributed by atoms with Gasteiger partial charge in [-0.3, -0.25) is 9.59 Å². The van der Waals surface area contributed by atoms with Crippen molar-refractivity contribution in [3.8, 4) is 0 Å². The molecule has 0 saturated heterocycles. The van der Waals surface area contributed by atoms with Crippen LogP contribution < -0.4 is 16.0 Å². The minimum atomic E-state index is -1.17. The number of nitrogens with one attached hydrogen (secondary N) is 3. The van der Waals surface area contributed by atoms with Crippen LogP contribution in [0.15, 0.2) is 60.7 Å². The number of Topliss-reactive ketones (excluding diaryl/α,β-unsaturated/α-hetero) is 1. The topological polar surface area (TPSA) is 87.3 Å². The molecule has 6 nitrogen and oxygen atoms in total. The summed E-state index contributed by atoms with van der Waals surface area (Å²) in [7, 11) is 0. The molecule has 0 unspecified atom stereocenters. The molecule has 166 valence electrons. The third-order valence-electron chi connectivity index (χ3n) is 4.74. The largest absolute Gasteiger partial charge is 0.344 e. The second kappa shape index (κ2) is 12.5. The molecular formula is C24H30FN3O3. The standard InChI is InChI=1S/C24H30FN3O3/c1-17(2)13-21(28-24(31)26-16-19-11-7-4-8-12-19)23(30)27-20(22(29)15-25)14-18-9-5-3-6-10-18/h3-12,17,20-21H,13-16H2,1-2H3,(H,27,30)(H2,26,28,31)/t20-,21+/m1/s1. The first-order valence-corrected chi connectivity index (χ1v) is 10.4. The monoisotopic (exact) mass is 427 g/mol. The smallest absolute Gasteiger partial charge is 0.315 e.